The van der Waals surface area contributed by atoms with E-state index in [2.05, 4.69) is 9.88 Å². The lowest BCUT2D eigenvalue weighted by molar-refractivity contribution is -0.380. The van der Waals surface area contributed by atoms with Gasteiger partial charge in [-0.05, 0) is 37.4 Å². The van der Waals surface area contributed by atoms with Gasteiger partial charge in [0, 0.05) is 19.2 Å². The molecule has 3 rings (SSSR count). The maximum absolute atomic E-state index is 13.5. The Kier molecular flexibility index (Phi) is 6.32. The molecule has 0 radical (unpaired) electrons. The van der Waals surface area contributed by atoms with Crippen molar-refractivity contribution in [1.82, 2.24) is 9.88 Å². The molecule has 0 bridgehead atoms. The van der Waals surface area contributed by atoms with Crippen LogP contribution >= 0.6 is 22.7 Å². The van der Waals surface area contributed by atoms with Crippen LogP contribution in [0.25, 0.3) is 10.2 Å². The molecule has 0 unspecified atom stereocenters. The minimum absolute atomic E-state index is 0.0848. The summed E-state index contributed by atoms with van der Waals surface area (Å²) >= 11 is 2.07. The molecule has 0 spiro atoms. The SMILES string of the molecule is CCN(CC)CCN(C(=O)c1ccc([N+](=O)[O-])s1)c1nc2ccc(F)cc2s1. The molecule has 7 nitrogen and oxygen atoms in total. The third kappa shape index (κ3) is 4.34. The normalized spacial score (nSPS) is 11.3. The van der Waals surface area contributed by atoms with E-state index in [1.165, 1.54) is 40.5 Å². The first-order valence-electron chi connectivity index (χ1n) is 8.77. The number of amides is 1. The van der Waals surface area contributed by atoms with Gasteiger partial charge in [-0.2, -0.15) is 0 Å². The van der Waals surface area contributed by atoms with Crippen LogP contribution < -0.4 is 4.90 Å². The fourth-order valence-electron chi connectivity index (χ4n) is 2.74. The monoisotopic (exact) mass is 422 g/mol. The van der Waals surface area contributed by atoms with Crippen molar-refractivity contribution in [3.8, 4) is 0 Å². The Hall–Kier alpha value is -2.43. The summed E-state index contributed by atoms with van der Waals surface area (Å²) in [6.45, 7) is 6.78. The van der Waals surface area contributed by atoms with Gasteiger partial charge in [-0.15, -0.1) is 0 Å². The number of halogens is 1. The number of carbonyl (C=O) groups is 1. The zero-order valence-corrected chi connectivity index (χ0v) is 17.1. The number of likely N-dealkylation sites (N-methyl/N-ethyl adjacent to an activating group) is 1. The topological polar surface area (TPSA) is 79.6 Å². The van der Waals surface area contributed by atoms with Crippen molar-refractivity contribution in [3.63, 3.8) is 0 Å². The molecule has 0 aliphatic heterocycles. The van der Waals surface area contributed by atoms with Crippen molar-refractivity contribution < 1.29 is 14.1 Å². The molecule has 0 saturated heterocycles. The largest absolute Gasteiger partial charge is 0.324 e. The number of hydrogen-bond acceptors (Lipinski definition) is 7. The second kappa shape index (κ2) is 8.72. The van der Waals surface area contributed by atoms with Crippen LogP contribution in [0.4, 0.5) is 14.5 Å². The average molecular weight is 423 g/mol. The number of carbonyl (C=O) groups excluding carboxylic acids is 1. The number of hydrogen-bond donors (Lipinski definition) is 0. The van der Waals surface area contributed by atoms with E-state index in [9.17, 15) is 19.3 Å². The third-order valence-electron chi connectivity index (χ3n) is 4.33. The van der Waals surface area contributed by atoms with Gasteiger partial charge in [0.1, 0.15) is 5.82 Å². The van der Waals surface area contributed by atoms with Crippen LogP contribution in [0, 0.1) is 15.9 Å². The fourth-order valence-corrected chi connectivity index (χ4v) is 4.53. The van der Waals surface area contributed by atoms with Gasteiger partial charge in [0.2, 0.25) is 0 Å². The molecule has 0 fully saturated rings. The molecule has 10 heteroatoms. The van der Waals surface area contributed by atoms with Gasteiger partial charge in [-0.1, -0.05) is 36.5 Å². The van der Waals surface area contributed by atoms with Gasteiger partial charge in [0.25, 0.3) is 5.91 Å². The van der Waals surface area contributed by atoms with Crippen LogP contribution in [-0.4, -0.2) is 46.9 Å². The van der Waals surface area contributed by atoms with Crippen molar-refractivity contribution in [2.24, 2.45) is 0 Å². The van der Waals surface area contributed by atoms with Crippen molar-refractivity contribution in [1.29, 1.82) is 0 Å². The fraction of sp³-hybridized carbons (Fsp3) is 0.333. The summed E-state index contributed by atoms with van der Waals surface area (Å²) < 4.78 is 14.2. The number of aromatic nitrogens is 1. The maximum Gasteiger partial charge on any atom is 0.324 e. The predicted octanol–water partition coefficient (Wildman–Crippen LogP) is 4.39. The lowest BCUT2D eigenvalue weighted by Gasteiger charge is -2.24. The van der Waals surface area contributed by atoms with E-state index in [0.717, 1.165) is 24.4 Å². The quantitative estimate of drug-likeness (QED) is 0.397. The summed E-state index contributed by atoms with van der Waals surface area (Å²) in [7, 11) is 0. The molecule has 0 atom stereocenters. The van der Waals surface area contributed by atoms with Crippen LogP contribution in [-0.2, 0) is 0 Å². The summed E-state index contributed by atoms with van der Waals surface area (Å²) in [4.78, 5) is 32.0. The Balaban J connectivity index is 1.94. The summed E-state index contributed by atoms with van der Waals surface area (Å²) in [6.07, 6.45) is 0. The highest BCUT2D eigenvalue weighted by molar-refractivity contribution is 7.22. The lowest BCUT2D eigenvalue weighted by atomic mass is 10.3. The number of anilines is 1. The number of benzene rings is 1. The summed E-state index contributed by atoms with van der Waals surface area (Å²) in [5.41, 5.74) is 0.610. The number of thiophene rings is 1. The van der Waals surface area contributed by atoms with Crippen LogP contribution in [0.1, 0.15) is 23.5 Å². The van der Waals surface area contributed by atoms with Crippen molar-refractivity contribution in [3.05, 3.63) is 51.1 Å². The lowest BCUT2D eigenvalue weighted by Crippen LogP contribution is -2.38. The molecule has 2 heterocycles. The van der Waals surface area contributed by atoms with Crippen molar-refractivity contribution >= 4 is 48.9 Å². The van der Waals surface area contributed by atoms with Crippen LogP contribution in [0.15, 0.2) is 30.3 Å². The van der Waals surface area contributed by atoms with Crippen molar-refractivity contribution in [2.45, 2.75) is 13.8 Å². The third-order valence-corrected chi connectivity index (χ3v) is 6.40. The Bertz CT molecular complexity index is 1000. The van der Waals surface area contributed by atoms with E-state index in [1.807, 2.05) is 13.8 Å². The van der Waals surface area contributed by atoms with Crippen LogP contribution in [0.3, 0.4) is 0 Å². The summed E-state index contributed by atoms with van der Waals surface area (Å²) in [5.74, 6) is -0.706. The Morgan fingerprint density at radius 3 is 2.57 bits per heavy atom. The van der Waals surface area contributed by atoms with Crippen LogP contribution in [0.5, 0.6) is 0 Å². The van der Waals surface area contributed by atoms with E-state index < -0.39 is 4.92 Å². The smallest absolute Gasteiger partial charge is 0.302 e. The van der Waals surface area contributed by atoms with E-state index in [0.29, 0.717) is 28.4 Å². The van der Waals surface area contributed by atoms with E-state index in [1.54, 1.807) is 6.07 Å². The van der Waals surface area contributed by atoms with E-state index in [-0.39, 0.29) is 21.6 Å². The molecule has 148 valence electrons. The van der Waals surface area contributed by atoms with Gasteiger partial charge in [-0.3, -0.25) is 19.8 Å². The van der Waals surface area contributed by atoms with Gasteiger partial charge >= 0.3 is 5.00 Å². The molecule has 0 N–H and O–H groups in total. The second-order valence-electron chi connectivity index (χ2n) is 5.99. The first-order valence-corrected chi connectivity index (χ1v) is 10.4. The second-order valence-corrected chi connectivity index (χ2v) is 8.06. The zero-order chi connectivity index (χ0) is 20.3. The molecule has 0 aliphatic rings. The Morgan fingerprint density at radius 1 is 1.18 bits per heavy atom. The summed E-state index contributed by atoms with van der Waals surface area (Å²) in [5, 5.41) is 11.3. The number of thiazole rings is 1. The minimum atomic E-state index is -0.512. The highest BCUT2D eigenvalue weighted by Crippen LogP contribution is 2.32. The number of nitrogens with zero attached hydrogens (tertiary/aromatic N) is 4. The van der Waals surface area contributed by atoms with Gasteiger partial charge in [0.05, 0.1) is 20.0 Å². The van der Waals surface area contributed by atoms with E-state index >= 15 is 0 Å². The van der Waals surface area contributed by atoms with Gasteiger partial charge < -0.3 is 4.90 Å². The molecule has 3 aromatic rings. The molecule has 1 amide bonds. The van der Waals surface area contributed by atoms with Gasteiger partial charge in [-0.25, -0.2) is 9.37 Å². The summed E-state index contributed by atoms with van der Waals surface area (Å²) in [6, 6.07) is 7.08. The van der Waals surface area contributed by atoms with Crippen LogP contribution in [0.2, 0.25) is 0 Å². The highest BCUT2D eigenvalue weighted by Gasteiger charge is 2.25. The predicted molar refractivity (Wildman–Crippen MR) is 110 cm³/mol. The molecule has 0 aliphatic carbocycles. The van der Waals surface area contributed by atoms with E-state index in [4.69, 9.17) is 0 Å². The molecular formula is C18H19FN4O3S2. The number of nitro groups is 1. The molecule has 28 heavy (non-hydrogen) atoms. The average Bonchev–Trinajstić information content (AvgIpc) is 3.31. The molecular weight excluding hydrogens is 403 g/mol. The Labute approximate surface area is 169 Å². The van der Waals surface area contributed by atoms with Crippen molar-refractivity contribution in [2.75, 3.05) is 31.1 Å². The zero-order valence-electron chi connectivity index (χ0n) is 15.4. The highest BCUT2D eigenvalue weighted by atomic mass is 32.1. The Morgan fingerprint density at radius 2 is 1.93 bits per heavy atom. The first-order chi connectivity index (χ1) is 13.4. The molecule has 1 aromatic carbocycles. The minimum Gasteiger partial charge on any atom is -0.302 e. The first kappa shape index (κ1) is 20.3. The standard InChI is InChI=1S/C18H19FN4O3S2/c1-3-21(4-2)9-10-22(17(24)14-7-8-16(27-14)23(25)26)18-20-13-6-5-12(19)11-15(13)28-18/h5-8,11H,3-4,9-10H2,1-2H3. The number of rotatable bonds is 8. The number of fused-ring (bicyclic) bond motifs is 1. The molecule has 2 aromatic heterocycles. The maximum atomic E-state index is 13.5. The molecule has 0 saturated carbocycles. The van der Waals surface area contributed by atoms with Gasteiger partial charge in [0.15, 0.2) is 5.13 Å².